The van der Waals surface area contributed by atoms with E-state index in [0.717, 1.165) is 4.31 Å². The zero-order valence-corrected chi connectivity index (χ0v) is 15.1. The van der Waals surface area contributed by atoms with Crippen LogP contribution in [0.25, 0.3) is 11.6 Å². The molecule has 0 radical (unpaired) electrons. The second-order valence-electron chi connectivity index (χ2n) is 5.55. The summed E-state index contributed by atoms with van der Waals surface area (Å²) in [5, 5.41) is 14.2. The number of anilines is 1. The van der Waals surface area contributed by atoms with Crippen molar-refractivity contribution < 1.29 is 17.6 Å². The Balaban J connectivity index is 1.74. The van der Waals surface area contributed by atoms with E-state index in [-0.39, 0.29) is 22.4 Å². The number of hydrogen-bond acceptors (Lipinski definition) is 7. The summed E-state index contributed by atoms with van der Waals surface area (Å²) in [5.74, 6) is -0.330. The van der Waals surface area contributed by atoms with Gasteiger partial charge in [-0.15, -0.1) is 5.10 Å². The number of rotatable bonds is 5. The normalized spacial score (nSPS) is 11.7. The van der Waals surface area contributed by atoms with Crippen LogP contribution in [0.3, 0.4) is 0 Å². The quantitative estimate of drug-likeness (QED) is 0.704. The Labute approximate surface area is 149 Å². The van der Waals surface area contributed by atoms with Crippen molar-refractivity contribution in [3.63, 3.8) is 0 Å². The number of hydrogen-bond donors (Lipinski definition) is 1. The van der Waals surface area contributed by atoms with E-state index < -0.39 is 15.9 Å². The van der Waals surface area contributed by atoms with Gasteiger partial charge >= 0.3 is 6.01 Å². The van der Waals surface area contributed by atoms with Gasteiger partial charge in [0.25, 0.3) is 11.8 Å². The Bertz CT molecular complexity index is 1040. The summed E-state index contributed by atoms with van der Waals surface area (Å²) in [6.45, 7) is 0. The van der Waals surface area contributed by atoms with Crippen LogP contribution in [0.2, 0.25) is 0 Å². The van der Waals surface area contributed by atoms with Crippen molar-refractivity contribution in [2.75, 3.05) is 19.4 Å². The van der Waals surface area contributed by atoms with Gasteiger partial charge in [0, 0.05) is 32.9 Å². The first-order valence-corrected chi connectivity index (χ1v) is 8.89. The average molecular weight is 376 g/mol. The van der Waals surface area contributed by atoms with Gasteiger partial charge in [-0.05, 0) is 30.3 Å². The number of carbonyl (C=O) groups excluding carboxylic acids is 1. The topological polar surface area (TPSA) is 123 Å². The Kier molecular flexibility index (Phi) is 4.57. The molecular weight excluding hydrogens is 360 g/mol. The van der Waals surface area contributed by atoms with Gasteiger partial charge < -0.3 is 4.42 Å². The molecule has 2 aromatic heterocycles. The minimum absolute atomic E-state index is 0.0827. The fourth-order valence-electron chi connectivity index (χ4n) is 2.06. The molecule has 136 valence electrons. The van der Waals surface area contributed by atoms with Crippen LogP contribution in [-0.2, 0) is 17.1 Å². The molecule has 0 aliphatic carbocycles. The van der Waals surface area contributed by atoms with Crippen molar-refractivity contribution in [2.24, 2.45) is 7.05 Å². The first-order valence-electron chi connectivity index (χ1n) is 7.45. The smallest absolute Gasteiger partial charge is 0.322 e. The highest BCUT2D eigenvalue weighted by molar-refractivity contribution is 7.89. The van der Waals surface area contributed by atoms with Crippen LogP contribution in [0.4, 0.5) is 6.01 Å². The van der Waals surface area contributed by atoms with Crippen molar-refractivity contribution in [3.05, 3.63) is 42.1 Å². The minimum Gasteiger partial charge on any atom is -0.401 e. The van der Waals surface area contributed by atoms with Gasteiger partial charge in [0.1, 0.15) is 5.69 Å². The van der Waals surface area contributed by atoms with E-state index in [2.05, 4.69) is 20.6 Å². The maximum Gasteiger partial charge on any atom is 0.322 e. The zero-order valence-electron chi connectivity index (χ0n) is 14.2. The highest BCUT2D eigenvalue weighted by Crippen LogP contribution is 2.18. The molecule has 11 heteroatoms. The number of benzene rings is 1. The number of nitrogens with zero attached hydrogens (tertiary/aromatic N) is 5. The predicted molar refractivity (Wildman–Crippen MR) is 91.8 cm³/mol. The fraction of sp³-hybridized carbons (Fsp3) is 0.200. The lowest BCUT2D eigenvalue weighted by Crippen LogP contribution is -2.22. The summed E-state index contributed by atoms with van der Waals surface area (Å²) < 4.78 is 32.1. The largest absolute Gasteiger partial charge is 0.401 e. The van der Waals surface area contributed by atoms with Gasteiger partial charge in [0.15, 0.2) is 0 Å². The minimum atomic E-state index is -3.55. The standard InChI is InChI=1S/C15H16N6O4S/c1-20(2)26(23,24)11-6-4-10(5-7-11)13(22)16-15-18-17-14(25-15)12-8-9-21(3)19-12/h4-9H,1-3H3,(H,16,18,22). The molecule has 0 saturated heterocycles. The van der Waals surface area contributed by atoms with E-state index >= 15 is 0 Å². The van der Waals surface area contributed by atoms with Gasteiger partial charge in [-0.1, -0.05) is 5.10 Å². The number of amides is 1. The highest BCUT2D eigenvalue weighted by Gasteiger charge is 2.18. The van der Waals surface area contributed by atoms with E-state index in [0.29, 0.717) is 5.69 Å². The number of sulfonamides is 1. The molecule has 2 heterocycles. The first-order chi connectivity index (χ1) is 12.3. The maximum absolute atomic E-state index is 12.2. The lowest BCUT2D eigenvalue weighted by Gasteiger charge is -2.11. The number of carbonyl (C=O) groups is 1. The molecule has 3 aromatic rings. The number of aryl methyl sites for hydroxylation is 1. The molecule has 0 saturated carbocycles. The summed E-state index contributed by atoms with van der Waals surface area (Å²) in [5.41, 5.74) is 0.735. The molecular formula is C15H16N6O4S. The van der Waals surface area contributed by atoms with Crippen LogP contribution in [0.5, 0.6) is 0 Å². The summed E-state index contributed by atoms with van der Waals surface area (Å²) in [6.07, 6.45) is 1.72. The van der Waals surface area contributed by atoms with Gasteiger partial charge in [-0.2, -0.15) is 5.10 Å². The Hall–Kier alpha value is -3.05. The molecule has 1 amide bonds. The summed E-state index contributed by atoms with van der Waals surface area (Å²) in [7, 11) is 1.07. The first kappa shape index (κ1) is 17.8. The molecule has 0 fully saturated rings. The van der Waals surface area contributed by atoms with Crippen LogP contribution in [0.15, 0.2) is 45.8 Å². The van der Waals surface area contributed by atoms with E-state index in [4.69, 9.17) is 4.42 Å². The number of nitrogens with one attached hydrogen (secondary N) is 1. The lowest BCUT2D eigenvalue weighted by atomic mass is 10.2. The average Bonchev–Trinajstić information content (AvgIpc) is 3.23. The second-order valence-corrected chi connectivity index (χ2v) is 7.70. The van der Waals surface area contributed by atoms with Crippen LogP contribution >= 0.6 is 0 Å². The summed E-state index contributed by atoms with van der Waals surface area (Å²) in [6, 6.07) is 7.14. The van der Waals surface area contributed by atoms with Crippen molar-refractivity contribution in [2.45, 2.75) is 4.90 Å². The Morgan fingerprint density at radius 1 is 1.15 bits per heavy atom. The third-order valence-corrected chi connectivity index (χ3v) is 5.30. The van der Waals surface area contributed by atoms with E-state index in [1.54, 1.807) is 24.0 Å². The van der Waals surface area contributed by atoms with Crippen LogP contribution in [0.1, 0.15) is 10.4 Å². The summed E-state index contributed by atoms with van der Waals surface area (Å²) >= 11 is 0. The molecule has 0 unspecified atom stereocenters. The van der Waals surface area contributed by atoms with Gasteiger partial charge in [0.05, 0.1) is 4.90 Å². The SMILES string of the molecule is CN(C)S(=O)(=O)c1ccc(C(=O)Nc2nnc(-c3ccn(C)n3)o2)cc1. The van der Waals surface area contributed by atoms with Crippen molar-refractivity contribution in [1.29, 1.82) is 0 Å². The molecule has 3 rings (SSSR count). The maximum atomic E-state index is 12.2. The molecule has 0 bridgehead atoms. The van der Waals surface area contributed by atoms with E-state index in [9.17, 15) is 13.2 Å². The zero-order chi connectivity index (χ0) is 18.9. The monoisotopic (exact) mass is 376 g/mol. The second kappa shape index (κ2) is 6.69. The van der Waals surface area contributed by atoms with Gasteiger partial charge in [0.2, 0.25) is 10.0 Å². The molecule has 1 N–H and O–H groups in total. The Morgan fingerprint density at radius 2 is 1.85 bits per heavy atom. The molecule has 10 nitrogen and oxygen atoms in total. The highest BCUT2D eigenvalue weighted by atomic mass is 32.2. The van der Waals surface area contributed by atoms with Crippen LogP contribution in [-0.4, -0.2) is 52.7 Å². The van der Waals surface area contributed by atoms with E-state index in [1.165, 1.54) is 38.4 Å². The van der Waals surface area contributed by atoms with Crippen molar-refractivity contribution in [3.8, 4) is 11.6 Å². The van der Waals surface area contributed by atoms with Crippen molar-refractivity contribution >= 4 is 21.9 Å². The summed E-state index contributed by atoms with van der Waals surface area (Å²) in [4.78, 5) is 12.3. The molecule has 26 heavy (non-hydrogen) atoms. The van der Waals surface area contributed by atoms with Crippen molar-refractivity contribution in [1.82, 2.24) is 24.3 Å². The Morgan fingerprint density at radius 3 is 2.42 bits per heavy atom. The molecule has 1 aromatic carbocycles. The van der Waals surface area contributed by atoms with Gasteiger partial charge in [-0.3, -0.25) is 14.8 Å². The third kappa shape index (κ3) is 3.48. The van der Waals surface area contributed by atoms with Crippen LogP contribution < -0.4 is 5.32 Å². The van der Waals surface area contributed by atoms with Crippen LogP contribution in [0, 0.1) is 0 Å². The molecule has 0 aliphatic heterocycles. The fourth-order valence-corrected chi connectivity index (χ4v) is 2.97. The van der Waals surface area contributed by atoms with E-state index in [1.807, 2.05) is 0 Å². The van der Waals surface area contributed by atoms with Gasteiger partial charge in [-0.25, -0.2) is 12.7 Å². The third-order valence-electron chi connectivity index (χ3n) is 3.47. The predicted octanol–water partition coefficient (Wildman–Crippen LogP) is 0.973. The molecule has 0 spiro atoms. The number of aromatic nitrogens is 4. The molecule has 0 aliphatic rings. The molecule has 0 atom stereocenters. The lowest BCUT2D eigenvalue weighted by molar-refractivity contribution is 0.102.